The molecule has 0 unspecified atom stereocenters. The van der Waals surface area contributed by atoms with Crippen LogP contribution in [0.2, 0.25) is 0 Å². The van der Waals surface area contributed by atoms with Crippen LogP contribution in [-0.4, -0.2) is 11.2 Å². The summed E-state index contributed by atoms with van der Waals surface area (Å²) in [5.74, 6) is 2.54. The zero-order valence-corrected chi connectivity index (χ0v) is 15.2. The van der Waals surface area contributed by atoms with Crippen LogP contribution in [0, 0.1) is 5.92 Å². The molecule has 0 bridgehead atoms. The zero-order chi connectivity index (χ0) is 16.7. The van der Waals surface area contributed by atoms with Crippen LogP contribution in [0.1, 0.15) is 70.5 Å². The first-order valence-electron chi connectivity index (χ1n) is 8.79. The fourth-order valence-electron chi connectivity index (χ4n) is 3.47. The van der Waals surface area contributed by atoms with Gasteiger partial charge in [-0.15, -0.1) is 0 Å². The first-order chi connectivity index (χ1) is 10.9. The SMILES string of the molecule is CC(C)c1cccc(C(C)C)c1-n1cc2[n+](c1)[C@@H](C(C)C)CO2. The van der Waals surface area contributed by atoms with Crippen LogP contribution < -0.4 is 9.30 Å². The van der Waals surface area contributed by atoms with Gasteiger partial charge in [0.15, 0.2) is 6.20 Å². The Balaban J connectivity index is 2.14. The second-order valence-electron chi connectivity index (χ2n) is 7.61. The van der Waals surface area contributed by atoms with Crippen molar-refractivity contribution in [2.45, 2.75) is 59.4 Å². The van der Waals surface area contributed by atoms with Crippen molar-refractivity contribution in [3.63, 3.8) is 0 Å². The summed E-state index contributed by atoms with van der Waals surface area (Å²) in [5.41, 5.74) is 4.11. The van der Waals surface area contributed by atoms with E-state index in [4.69, 9.17) is 4.74 Å². The van der Waals surface area contributed by atoms with Crippen molar-refractivity contribution in [3.05, 3.63) is 41.9 Å². The standard InChI is InChI=1S/C20H29N2O/c1-13(2)16-8-7-9-17(14(3)4)20(16)21-10-19-22(12-21)18(11-23-19)15(5)6/h7-10,12-15,18H,11H2,1-6H3/q+1/t18-/m1/s1. The number of benzene rings is 1. The molecule has 23 heavy (non-hydrogen) atoms. The zero-order valence-electron chi connectivity index (χ0n) is 15.2. The Morgan fingerprint density at radius 1 is 1.04 bits per heavy atom. The van der Waals surface area contributed by atoms with Gasteiger partial charge in [-0.3, -0.25) is 0 Å². The maximum atomic E-state index is 5.92. The summed E-state index contributed by atoms with van der Waals surface area (Å²) in [6.45, 7) is 14.4. The number of para-hydroxylation sites is 1. The molecule has 1 aromatic carbocycles. The molecule has 0 N–H and O–H groups in total. The van der Waals surface area contributed by atoms with Crippen LogP contribution in [0.15, 0.2) is 30.7 Å². The third-order valence-corrected chi connectivity index (χ3v) is 4.88. The highest BCUT2D eigenvalue weighted by Gasteiger charge is 2.34. The van der Waals surface area contributed by atoms with Gasteiger partial charge in [0.2, 0.25) is 0 Å². The van der Waals surface area contributed by atoms with E-state index in [2.05, 4.69) is 81.4 Å². The molecule has 0 saturated carbocycles. The Morgan fingerprint density at radius 3 is 2.17 bits per heavy atom. The summed E-state index contributed by atoms with van der Waals surface area (Å²) in [6.07, 6.45) is 4.37. The monoisotopic (exact) mass is 313 g/mol. The van der Waals surface area contributed by atoms with E-state index in [1.54, 1.807) is 0 Å². The van der Waals surface area contributed by atoms with Crippen LogP contribution in [0.25, 0.3) is 5.69 Å². The quantitative estimate of drug-likeness (QED) is 0.754. The third-order valence-electron chi connectivity index (χ3n) is 4.88. The van der Waals surface area contributed by atoms with Gasteiger partial charge in [0, 0.05) is 11.1 Å². The van der Waals surface area contributed by atoms with Gasteiger partial charge >= 0.3 is 5.88 Å². The van der Waals surface area contributed by atoms with E-state index in [0.717, 1.165) is 12.5 Å². The third kappa shape index (κ3) is 2.77. The Kier molecular flexibility index (Phi) is 4.22. The van der Waals surface area contributed by atoms with Gasteiger partial charge in [-0.1, -0.05) is 59.7 Å². The van der Waals surface area contributed by atoms with Gasteiger partial charge in [-0.2, -0.15) is 9.13 Å². The molecule has 1 aliphatic heterocycles. The summed E-state index contributed by atoms with van der Waals surface area (Å²) in [6, 6.07) is 7.12. The normalized spacial score (nSPS) is 17.2. The van der Waals surface area contributed by atoms with E-state index in [9.17, 15) is 0 Å². The second-order valence-corrected chi connectivity index (χ2v) is 7.61. The molecule has 3 nitrogen and oxygen atoms in total. The molecule has 0 aliphatic carbocycles. The molecule has 1 atom stereocenters. The van der Waals surface area contributed by atoms with Crippen molar-refractivity contribution in [2.24, 2.45) is 5.92 Å². The van der Waals surface area contributed by atoms with E-state index in [-0.39, 0.29) is 0 Å². The van der Waals surface area contributed by atoms with Gasteiger partial charge in [-0.05, 0) is 17.8 Å². The highest BCUT2D eigenvalue weighted by Crippen LogP contribution is 2.32. The van der Waals surface area contributed by atoms with Crippen molar-refractivity contribution < 1.29 is 9.30 Å². The molecule has 0 amide bonds. The Bertz CT molecular complexity index is 671. The minimum absolute atomic E-state index is 0.431. The molecule has 0 radical (unpaired) electrons. The number of rotatable bonds is 4. The molecule has 3 heteroatoms. The molecular weight excluding hydrogens is 284 g/mol. The van der Waals surface area contributed by atoms with Gasteiger partial charge in [0.1, 0.15) is 18.3 Å². The van der Waals surface area contributed by atoms with E-state index in [1.807, 2.05) is 0 Å². The van der Waals surface area contributed by atoms with Crippen LogP contribution in [-0.2, 0) is 0 Å². The van der Waals surface area contributed by atoms with Crippen molar-refractivity contribution in [1.29, 1.82) is 0 Å². The average molecular weight is 313 g/mol. The lowest BCUT2D eigenvalue weighted by atomic mass is 9.92. The summed E-state index contributed by atoms with van der Waals surface area (Å²) in [4.78, 5) is 0. The number of hydrogen-bond donors (Lipinski definition) is 0. The maximum Gasteiger partial charge on any atom is 0.325 e. The van der Waals surface area contributed by atoms with E-state index in [0.29, 0.717) is 23.8 Å². The fourth-order valence-corrected chi connectivity index (χ4v) is 3.47. The molecule has 2 aromatic rings. The fraction of sp³-hybridized carbons (Fsp3) is 0.550. The van der Waals surface area contributed by atoms with Gasteiger partial charge in [0.05, 0.1) is 0 Å². The van der Waals surface area contributed by atoms with E-state index >= 15 is 0 Å². The lowest BCUT2D eigenvalue weighted by molar-refractivity contribution is -0.710. The number of fused-ring (bicyclic) bond motifs is 1. The lowest BCUT2D eigenvalue weighted by Gasteiger charge is -2.16. The topological polar surface area (TPSA) is 18.0 Å². The van der Waals surface area contributed by atoms with Crippen LogP contribution in [0.4, 0.5) is 0 Å². The predicted molar refractivity (Wildman–Crippen MR) is 93.5 cm³/mol. The Labute approximate surface area is 139 Å². The highest BCUT2D eigenvalue weighted by atomic mass is 16.5. The van der Waals surface area contributed by atoms with Gasteiger partial charge in [-0.25, -0.2) is 0 Å². The van der Waals surface area contributed by atoms with Crippen LogP contribution >= 0.6 is 0 Å². The number of aromatic nitrogens is 2. The lowest BCUT2D eigenvalue weighted by Crippen LogP contribution is -2.38. The van der Waals surface area contributed by atoms with Crippen molar-refractivity contribution in [2.75, 3.05) is 6.61 Å². The van der Waals surface area contributed by atoms with Crippen molar-refractivity contribution >= 4 is 0 Å². The van der Waals surface area contributed by atoms with Gasteiger partial charge < -0.3 is 4.74 Å². The van der Waals surface area contributed by atoms with Crippen molar-refractivity contribution in [1.82, 2.24) is 4.57 Å². The number of nitrogens with zero attached hydrogens (tertiary/aromatic N) is 2. The minimum atomic E-state index is 0.431. The smallest absolute Gasteiger partial charge is 0.325 e. The molecule has 1 aromatic heterocycles. The first-order valence-corrected chi connectivity index (χ1v) is 8.79. The van der Waals surface area contributed by atoms with E-state index in [1.165, 1.54) is 16.8 Å². The minimum Gasteiger partial charge on any atom is -0.455 e. The Hall–Kier alpha value is -1.77. The summed E-state index contributed by atoms with van der Waals surface area (Å²) >= 11 is 0. The van der Waals surface area contributed by atoms with E-state index < -0.39 is 0 Å². The molecule has 3 rings (SSSR count). The number of hydrogen-bond acceptors (Lipinski definition) is 1. The summed E-state index contributed by atoms with van der Waals surface area (Å²) in [5, 5.41) is 0. The second kappa shape index (κ2) is 6.03. The number of imidazole rings is 1. The molecule has 0 saturated heterocycles. The van der Waals surface area contributed by atoms with Crippen LogP contribution in [0.3, 0.4) is 0 Å². The molecule has 0 fully saturated rings. The summed E-state index contributed by atoms with van der Waals surface area (Å²) in [7, 11) is 0. The molecule has 1 aliphatic rings. The first kappa shape index (κ1) is 16.1. The molecule has 2 heterocycles. The molecular formula is C20H29N2O+. The molecule has 0 spiro atoms. The molecule has 124 valence electrons. The average Bonchev–Trinajstić information content (AvgIpc) is 3.05. The maximum absolute atomic E-state index is 5.92. The largest absolute Gasteiger partial charge is 0.455 e. The van der Waals surface area contributed by atoms with Crippen molar-refractivity contribution in [3.8, 4) is 11.6 Å². The summed E-state index contributed by atoms with van der Waals surface area (Å²) < 4.78 is 10.5. The Morgan fingerprint density at radius 2 is 1.65 bits per heavy atom. The highest BCUT2D eigenvalue weighted by molar-refractivity contribution is 5.51. The van der Waals surface area contributed by atoms with Crippen LogP contribution in [0.5, 0.6) is 5.88 Å². The van der Waals surface area contributed by atoms with Gasteiger partial charge in [0.25, 0.3) is 6.33 Å². The number of ether oxygens (including phenoxy) is 1. The predicted octanol–water partition coefficient (Wildman–Crippen LogP) is 4.60.